The zero-order chi connectivity index (χ0) is 47.6. The van der Waals surface area contributed by atoms with E-state index in [1.807, 2.05) is 0 Å². The molecule has 65 heavy (non-hydrogen) atoms. The van der Waals surface area contributed by atoms with Crippen molar-refractivity contribution in [3.05, 3.63) is 0 Å². The predicted octanol–water partition coefficient (Wildman–Crippen LogP) is 17.4. The van der Waals surface area contributed by atoms with Gasteiger partial charge in [0.1, 0.15) is 31.8 Å². The van der Waals surface area contributed by atoms with E-state index in [4.69, 9.17) is 18.9 Å². The van der Waals surface area contributed by atoms with Crippen molar-refractivity contribution < 1.29 is 38.1 Å². The maximum absolute atomic E-state index is 13.1. The zero-order valence-electron chi connectivity index (χ0n) is 43.7. The SMILES string of the molecule is CCCCCCCCCCCCC(=O)OCC(COC(=O)CCCCCCCCCCCC)(COC(=O)CCCCCCCCCCCC)COC(=O)CCCCCCCCCCCC. The molecule has 0 aliphatic heterocycles. The molecule has 0 rings (SSSR count). The van der Waals surface area contributed by atoms with Gasteiger partial charge >= 0.3 is 23.9 Å². The van der Waals surface area contributed by atoms with Gasteiger partial charge in [-0.2, -0.15) is 0 Å². The largest absolute Gasteiger partial charge is 0.465 e. The van der Waals surface area contributed by atoms with Crippen LogP contribution in [0.4, 0.5) is 0 Å². The number of carbonyl (C=O) groups is 4. The number of rotatable bonds is 52. The summed E-state index contributed by atoms with van der Waals surface area (Å²) < 4.78 is 23.5. The van der Waals surface area contributed by atoms with Gasteiger partial charge in [-0.25, -0.2) is 0 Å². The Hall–Kier alpha value is -2.12. The number of hydrogen-bond acceptors (Lipinski definition) is 8. The predicted molar refractivity (Wildman–Crippen MR) is 272 cm³/mol. The highest BCUT2D eigenvalue weighted by molar-refractivity contribution is 5.71. The van der Waals surface area contributed by atoms with E-state index in [-0.39, 0.29) is 50.3 Å². The zero-order valence-corrected chi connectivity index (χ0v) is 43.7. The van der Waals surface area contributed by atoms with Crippen molar-refractivity contribution in [2.75, 3.05) is 26.4 Å². The summed E-state index contributed by atoms with van der Waals surface area (Å²) in [6, 6.07) is 0. The quantitative estimate of drug-likeness (QED) is 0.0337. The Labute approximate surface area is 402 Å². The van der Waals surface area contributed by atoms with Crippen LogP contribution in [0, 0.1) is 5.41 Å². The summed E-state index contributed by atoms with van der Waals surface area (Å²) >= 11 is 0. The Kier molecular flexibility index (Phi) is 48.2. The van der Waals surface area contributed by atoms with E-state index in [9.17, 15) is 19.2 Å². The second-order valence-electron chi connectivity index (χ2n) is 19.9. The molecule has 0 unspecified atom stereocenters. The molecule has 0 spiro atoms. The van der Waals surface area contributed by atoms with Crippen molar-refractivity contribution in [3.8, 4) is 0 Å². The lowest BCUT2D eigenvalue weighted by Crippen LogP contribution is -2.44. The summed E-state index contributed by atoms with van der Waals surface area (Å²) in [5.41, 5.74) is -1.19. The van der Waals surface area contributed by atoms with Crippen LogP contribution in [0.15, 0.2) is 0 Å². The Morgan fingerprint density at radius 3 is 0.523 bits per heavy atom. The molecule has 384 valence electrons. The van der Waals surface area contributed by atoms with Gasteiger partial charge in [0.05, 0.1) is 0 Å². The first kappa shape index (κ1) is 62.9. The average Bonchev–Trinajstić information content (AvgIpc) is 3.30. The van der Waals surface area contributed by atoms with Crippen LogP contribution in [-0.4, -0.2) is 50.3 Å². The van der Waals surface area contributed by atoms with E-state index >= 15 is 0 Å². The second-order valence-corrected chi connectivity index (χ2v) is 19.9. The Bertz CT molecular complexity index is 894. The molecule has 0 atom stereocenters. The molecule has 0 aromatic carbocycles. The van der Waals surface area contributed by atoms with Crippen LogP contribution >= 0.6 is 0 Å². The highest BCUT2D eigenvalue weighted by atomic mass is 16.6. The molecule has 0 N–H and O–H groups in total. The van der Waals surface area contributed by atoms with Gasteiger partial charge in [0.15, 0.2) is 0 Å². The summed E-state index contributed by atoms with van der Waals surface area (Å²) in [5, 5.41) is 0. The molecule has 0 aliphatic carbocycles. The lowest BCUT2D eigenvalue weighted by atomic mass is 9.92. The van der Waals surface area contributed by atoms with Crippen molar-refractivity contribution in [1.29, 1.82) is 0 Å². The van der Waals surface area contributed by atoms with Crippen LogP contribution in [0.2, 0.25) is 0 Å². The van der Waals surface area contributed by atoms with Crippen LogP contribution in [0.3, 0.4) is 0 Å². The summed E-state index contributed by atoms with van der Waals surface area (Å²) in [4.78, 5) is 52.6. The van der Waals surface area contributed by atoms with Gasteiger partial charge in [0, 0.05) is 25.7 Å². The highest BCUT2D eigenvalue weighted by Crippen LogP contribution is 2.24. The fraction of sp³-hybridized carbons (Fsp3) is 0.930. The smallest absolute Gasteiger partial charge is 0.305 e. The molecule has 0 aromatic heterocycles. The third kappa shape index (κ3) is 45.4. The van der Waals surface area contributed by atoms with Gasteiger partial charge in [-0.05, 0) is 25.7 Å². The van der Waals surface area contributed by atoms with Gasteiger partial charge in [0.25, 0.3) is 0 Å². The summed E-state index contributed by atoms with van der Waals surface area (Å²) in [5.74, 6) is -1.34. The van der Waals surface area contributed by atoms with Gasteiger partial charge < -0.3 is 18.9 Å². The normalized spacial score (nSPS) is 11.5. The molecular weight excluding hydrogens is 813 g/mol. The first-order chi connectivity index (χ1) is 31.8. The van der Waals surface area contributed by atoms with Gasteiger partial charge in [0.2, 0.25) is 0 Å². The topological polar surface area (TPSA) is 105 Å². The molecule has 0 aromatic rings. The molecule has 0 aliphatic rings. The molecule has 8 nitrogen and oxygen atoms in total. The number of ether oxygens (including phenoxy) is 4. The first-order valence-electron chi connectivity index (χ1n) is 28.4. The Morgan fingerprint density at radius 2 is 0.369 bits per heavy atom. The van der Waals surface area contributed by atoms with E-state index in [1.165, 1.54) is 180 Å². The number of carbonyl (C=O) groups excluding carboxylic acids is 4. The minimum absolute atomic E-state index is 0.161. The van der Waals surface area contributed by atoms with Crippen molar-refractivity contribution in [2.45, 2.75) is 310 Å². The number of hydrogen-bond donors (Lipinski definition) is 0. The molecule has 0 amide bonds. The van der Waals surface area contributed by atoms with E-state index in [0.717, 1.165) is 77.0 Å². The van der Waals surface area contributed by atoms with E-state index in [2.05, 4.69) is 27.7 Å². The molecule has 0 saturated heterocycles. The van der Waals surface area contributed by atoms with E-state index < -0.39 is 5.41 Å². The standard InChI is InChI=1S/C57H108O8/c1-5-9-13-17-21-25-29-33-37-41-45-53(58)62-49-57(50-63-54(59)46-42-38-34-30-26-22-18-14-10-6-2,51-64-55(60)47-43-39-35-31-27-23-19-15-11-7-3)52-65-56(61)48-44-40-36-32-28-24-20-16-12-8-4/h5-52H2,1-4H3. The van der Waals surface area contributed by atoms with Crippen LogP contribution in [0.1, 0.15) is 310 Å². The molecule has 0 bridgehead atoms. The minimum Gasteiger partial charge on any atom is -0.465 e. The lowest BCUT2D eigenvalue weighted by molar-refractivity contribution is -0.170. The molecule has 0 radical (unpaired) electrons. The number of esters is 4. The second kappa shape index (κ2) is 49.8. The van der Waals surface area contributed by atoms with Gasteiger partial charge in [-0.15, -0.1) is 0 Å². The maximum atomic E-state index is 13.1. The lowest BCUT2D eigenvalue weighted by Gasteiger charge is -2.31. The highest BCUT2D eigenvalue weighted by Gasteiger charge is 2.38. The molecule has 0 heterocycles. The molecular formula is C57H108O8. The first-order valence-corrected chi connectivity index (χ1v) is 28.4. The van der Waals surface area contributed by atoms with Crippen molar-refractivity contribution in [2.24, 2.45) is 5.41 Å². The van der Waals surface area contributed by atoms with E-state index in [1.54, 1.807) is 0 Å². The van der Waals surface area contributed by atoms with Crippen LogP contribution in [0.5, 0.6) is 0 Å². The molecule has 8 heteroatoms. The Balaban J connectivity index is 5.44. The Morgan fingerprint density at radius 1 is 0.231 bits per heavy atom. The van der Waals surface area contributed by atoms with Crippen LogP contribution in [-0.2, 0) is 38.1 Å². The summed E-state index contributed by atoms with van der Waals surface area (Å²) in [6.07, 6.45) is 48.1. The van der Waals surface area contributed by atoms with Crippen molar-refractivity contribution >= 4 is 23.9 Å². The fourth-order valence-corrected chi connectivity index (χ4v) is 8.50. The molecule has 0 saturated carbocycles. The minimum atomic E-state index is -1.19. The maximum Gasteiger partial charge on any atom is 0.305 e. The van der Waals surface area contributed by atoms with Gasteiger partial charge in [-0.3, -0.25) is 19.2 Å². The van der Waals surface area contributed by atoms with Crippen LogP contribution in [0.25, 0.3) is 0 Å². The average molecular weight is 921 g/mol. The third-order valence-electron chi connectivity index (χ3n) is 13.1. The van der Waals surface area contributed by atoms with Crippen molar-refractivity contribution in [3.63, 3.8) is 0 Å². The van der Waals surface area contributed by atoms with Gasteiger partial charge in [-0.1, -0.05) is 259 Å². The molecule has 0 fully saturated rings. The fourth-order valence-electron chi connectivity index (χ4n) is 8.50. The summed E-state index contributed by atoms with van der Waals surface area (Å²) in [6.45, 7) is 8.32. The van der Waals surface area contributed by atoms with Crippen molar-refractivity contribution in [1.82, 2.24) is 0 Å². The number of unbranched alkanes of at least 4 members (excludes halogenated alkanes) is 36. The monoisotopic (exact) mass is 921 g/mol. The van der Waals surface area contributed by atoms with Crippen LogP contribution < -0.4 is 0 Å². The summed E-state index contributed by atoms with van der Waals surface area (Å²) in [7, 11) is 0. The third-order valence-corrected chi connectivity index (χ3v) is 13.1. The van der Waals surface area contributed by atoms with E-state index in [0.29, 0.717) is 25.7 Å².